The topological polar surface area (TPSA) is 91.2 Å². The number of aromatic nitrogens is 4. The van der Waals surface area contributed by atoms with Crippen molar-refractivity contribution in [3.63, 3.8) is 0 Å². The Balaban J connectivity index is 1.60. The van der Waals surface area contributed by atoms with Crippen molar-refractivity contribution in [2.24, 2.45) is 0 Å². The van der Waals surface area contributed by atoms with E-state index >= 15 is 0 Å². The van der Waals surface area contributed by atoms with Crippen molar-refractivity contribution < 1.29 is 23.0 Å². The molecule has 8 nitrogen and oxygen atoms in total. The maximum atomic E-state index is 13.1. The van der Waals surface area contributed by atoms with Crippen LogP contribution in [0.2, 0.25) is 5.02 Å². The first-order valence-electron chi connectivity index (χ1n) is 10.8. The lowest BCUT2D eigenvalue weighted by Gasteiger charge is -2.34. The summed E-state index contributed by atoms with van der Waals surface area (Å²) in [5, 5.41) is 3.36. The van der Waals surface area contributed by atoms with Crippen LogP contribution in [-0.2, 0) is 6.54 Å². The molecule has 12 heteroatoms. The molecule has 1 fully saturated rings. The number of nitrogens with one attached hydrogen (secondary N) is 1. The van der Waals surface area contributed by atoms with Crippen LogP contribution >= 0.6 is 23.4 Å². The molecule has 0 bridgehead atoms. The Morgan fingerprint density at radius 3 is 2.79 bits per heavy atom. The first kappa shape index (κ1) is 24.5. The number of nitrogens with zero attached hydrogens (tertiary/aromatic N) is 4. The molecule has 1 aliphatic rings. The first-order valence-corrected chi connectivity index (χ1v) is 12.3. The average molecular weight is 512 g/mol. The molecule has 3 aromatic heterocycles. The average Bonchev–Trinajstić information content (AvgIpc) is 3.17. The number of fused-ring (bicyclic) bond motifs is 1. The largest absolute Gasteiger partial charge is 0.482 e. The van der Waals surface area contributed by atoms with Gasteiger partial charge in [0.05, 0.1) is 5.02 Å². The van der Waals surface area contributed by atoms with Gasteiger partial charge in [-0.15, -0.1) is 0 Å². The van der Waals surface area contributed by atoms with E-state index in [4.69, 9.17) is 21.1 Å². The molecular formula is C22H24ClF2N5O3S. The lowest BCUT2D eigenvalue weighted by Crippen LogP contribution is -2.49. The summed E-state index contributed by atoms with van der Waals surface area (Å²) >= 11 is 7.80. The zero-order valence-electron chi connectivity index (χ0n) is 18.7. The monoisotopic (exact) mass is 511 g/mol. The Morgan fingerprint density at radius 2 is 2.09 bits per heavy atom. The van der Waals surface area contributed by atoms with E-state index in [0.29, 0.717) is 17.7 Å². The maximum Gasteiger partial charge on any atom is 0.287 e. The summed E-state index contributed by atoms with van der Waals surface area (Å²) in [4.78, 5) is 26.1. The summed E-state index contributed by atoms with van der Waals surface area (Å²) < 4.78 is 37.7. The van der Waals surface area contributed by atoms with Gasteiger partial charge in [0, 0.05) is 30.4 Å². The molecule has 1 saturated heterocycles. The second-order valence-electron chi connectivity index (χ2n) is 8.06. The third kappa shape index (κ3) is 5.52. The minimum Gasteiger partial charge on any atom is -0.482 e. The number of imidazole rings is 1. The Labute approximate surface area is 204 Å². The van der Waals surface area contributed by atoms with Crippen LogP contribution in [0.15, 0.2) is 24.4 Å². The number of ether oxygens (including phenoxy) is 2. The van der Waals surface area contributed by atoms with Crippen molar-refractivity contribution in [2.75, 3.05) is 18.1 Å². The van der Waals surface area contributed by atoms with E-state index < -0.39 is 13.0 Å². The Morgan fingerprint density at radius 1 is 1.32 bits per heavy atom. The molecule has 0 atom stereocenters. The lowest BCUT2D eigenvalue weighted by molar-refractivity contribution is 0.0803. The lowest BCUT2D eigenvalue weighted by atomic mass is 9.95. The van der Waals surface area contributed by atoms with Gasteiger partial charge < -0.3 is 19.4 Å². The van der Waals surface area contributed by atoms with Gasteiger partial charge in [0.25, 0.3) is 18.2 Å². The standard InChI is InChI=1S/C22H24ClF2N5O3S/c1-3-30-18-14(27-19(30)20(31)29-22(2)6-8-34-9-7-22)4-5-17(28-18)33-21-15(32-12-16(24)25)10-13(23)11-26-21/h4-5,10-11,16H,3,6-9,12H2,1-2H3,(H,29,31). The van der Waals surface area contributed by atoms with Crippen molar-refractivity contribution in [1.82, 2.24) is 24.8 Å². The van der Waals surface area contributed by atoms with E-state index in [0.717, 1.165) is 24.3 Å². The predicted molar refractivity (Wildman–Crippen MR) is 126 cm³/mol. The number of thioether (sulfide) groups is 1. The van der Waals surface area contributed by atoms with Crippen LogP contribution in [0.3, 0.4) is 0 Å². The fourth-order valence-electron chi connectivity index (χ4n) is 3.63. The van der Waals surface area contributed by atoms with Gasteiger partial charge in [-0.1, -0.05) is 11.6 Å². The number of carbonyl (C=O) groups excluding carboxylic acids is 1. The summed E-state index contributed by atoms with van der Waals surface area (Å²) in [6.07, 6.45) is 0.444. The molecule has 0 saturated carbocycles. The highest BCUT2D eigenvalue weighted by Crippen LogP contribution is 2.32. The first-order chi connectivity index (χ1) is 16.3. The van der Waals surface area contributed by atoms with Gasteiger partial charge in [-0.25, -0.2) is 18.7 Å². The van der Waals surface area contributed by atoms with Gasteiger partial charge in [0.15, 0.2) is 11.4 Å². The van der Waals surface area contributed by atoms with Crippen LogP contribution < -0.4 is 14.8 Å². The van der Waals surface area contributed by atoms with Gasteiger partial charge in [0.1, 0.15) is 12.1 Å². The smallest absolute Gasteiger partial charge is 0.287 e. The number of rotatable bonds is 8. The molecule has 182 valence electrons. The Kier molecular flexibility index (Phi) is 7.42. The fraction of sp³-hybridized carbons (Fsp3) is 0.455. The maximum absolute atomic E-state index is 13.1. The fourth-order valence-corrected chi connectivity index (χ4v) is 5.17. The van der Waals surface area contributed by atoms with E-state index in [9.17, 15) is 13.6 Å². The van der Waals surface area contributed by atoms with E-state index in [-0.39, 0.29) is 39.8 Å². The van der Waals surface area contributed by atoms with Gasteiger partial charge in [-0.3, -0.25) is 4.79 Å². The molecule has 3 aromatic rings. The summed E-state index contributed by atoms with van der Waals surface area (Å²) in [7, 11) is 0. The van der Waals surface area contributed by atoms with Crippen LogP contribution in [0.25, 0.3) is 11.2 Å². The predicted octanol–water partition coefficient (Wildman–Crippen LogP) is 4.95. The molecule has 1 N–H and O–H groups in total. The third-order valence-corrected chi connectivity index (χ3v) is 6.64. The highest BCUT2D eigenvalue weighted by Gasteiger charge is 2.31. The molecule has 0 aliphatic carbocycles. The molecular weight excluding hydrogens is 488 g/mol. The van der Waals surface area contributed by atoms with Gasteiger partial charge >= 0.3 is 0 Å². The second-order valence-corrected chi connectivity index (χ2v) is 9.72. The molecule has 0 radical (unpaired) electrons. The van der Waals surface area contributed by atoms with E-state index in [1.165, 1.54) is 12.3 Å². The van der Waals surface area contributed by atoms with Crippen LogP contribution in [0.5, 0.6) is 17.5 Å². The number of aryl methyl sites for hydroxylation is 1. The number of pyridine rings is 2. The van der Waals surface area contributed by atoms with Crippen LogP contribution in [0, 0.1) is 0 Å². The molecule has 0 unspecified atom stereocenters. The summed E-state index contributed by atoms with van der Waals surface area (Å²) in [5.41, 5.74) is 0.718. The molecule has 4 rings (SSSR count). The molecule has 1 amide bonds. The number of hydrogen-bond donors (Lipinski definition) is 1. The highest BCUT2D eigenvalue weighted by molar-refractivity contribution is 7.99. The second kappa shape index (κ2) is 10.3. The number of amides is 1. The molecule has 1 aliphatic heterocycles. The molecule has 0 aromatic carbocycles. The van der Waals surface area contributed by atoms with Crippen molar-refractivity contribution >= 4 is 40.4 Å². The summed E-state index contributed by atoms with van der Waals surface area (Å²) in [6.45, 7) is 3.58. The highest BCUT2D eigenvalue weighted by atomic mass is 35.5. The Bertz CT molecular complexity index is 1190. The van der Waals surface area contributed by atoms with E-state index in [1.54, 1.807) is 16.7 Å². The third-order valence-electron chi connectivity index (χ3n) is 5.45. The molecule has 34 heavy (non-hydrogen) atoms. The van der Waals surface area contributed by atoms with Crippen molar-refractivity contribution in [3.05, 3.63) is 35.2 Å². The number of halogens is 3. The van der Waals surface area contributed by atoms with Gasteiger partial charge in [-0.05, 0) is 44.3 Å². The van der Waals surface area contributed by atoms with Crippen molar-refractivity contribution in [3.8, 4) is 17.5 Å². The van der Waals surface area contributed by atoms with Crippen LogP contribution in [0.1, 0.15) is 37.3 Å². The quantitative estimate of drug-likeness (QED) is 0.457. The van der Waals surface area contributed by atoms with Gasteiger partial charge in [-0.2, -0.15) is 16.7 Å². The number of alkyl halides is 2. The number of hydrogen-bond acceptors (Lipinski definition) is 7. The molecule has 0 spiro atoms. The van der Waals surface area contributed by atoms with E-state index in [2.05, 4.69) is 27.2 Å². The van der Waals surface area contributed by atoms with Crippen LogP contribution in [0.4, 0.5) is 8.78 Å². The molecule has 4 heterocycles. The van der Waals surface area contributed by atoms with Crippen molar-refractivity contribution in [1.29, 1.82) is 0 Å². The van der Waals surface area contributed by atoms with Crippen molar-refractivity contribution in [2.45, 2.75) is 45.2 Å². The zero-order chi connectivity index (χ0) is 24.3. The minimum absolute atomic E-state index is 0.0300. The summed E-state index contributed by atoms with van der Waals surface area (Å²) in [6, 6.07) is 4.58. The van der Waals surface area contributed by atoms with E-state index in [1.807, 2.05) is 18.7 Å². The Hall–Kier alpha value is -2.66. The SMILES string of the molecule is CCn1c(C(=O)NC2(C)CCSCC2)nc2ccc(Oc3ncc(Cl)cc3OCC(F)F)nc21. The van der Waals surface area contributed by atoms with Gasteiger partial charge in [0.2, 0.25) is 11.7 Å². The number of carbonyl (C=O) groups is 1. The minimum atomic E-state index is -2.67. The normalized spacial score (nSPS) is 15.5. The zero-order valence-corrected chi connectivity index (χ0v) is 20.3. The van der Waals surface area contributed by atoms with Crippen LogP contribution in [-0.4, -0.2) is 55.5 Å². The summed E-state index contributed by atoms with van der Waals surface area (Å²) in [5.74, 6) is 2.09.